The Morgan fingerprint density at radius 1 is 0.925 bits per heavy atom. The number of imide groups is 1. The molecule has 2 saturated heterocycles. The molecule has 3 aliphatic rings. The van der Waals surface area contributed by atoms with Crippen LogP contribution in [0.25, 0.3) is 0 Å². The van der Waals surface area contributed by atoms with Crippen LogP contribution in [0.15, 0.2) is 89.9 Å². The van der Waals surface area contributed by atoms with Crippen LogP contribution in [0.2, 0.25) is 0 Å². The van der Waals surface area contributed by atoms with Crippen LogP contribution in [0.4, 0.5) is 0 Å². The topological polar surface area (TPSA) is 79.3 Å². The Labute approximate surface area is 238 Å². The summed E-state index contributed by atoms with van der Waals surface area (Å²) in [6.07, 6.45) is 0.237. The number of amidine groups is 1. The third-order valence-electron chi connectivity index (χ3n) is 8.28. The van der Waals surface area contributed by atoms with E-state index in [0.29, 0.717) is 17.5 Å². The van der Waals surface area contributed by atoms with Gasteiger partial charge in [-0.05, 0) is 23.6 Å². The summed E-state index contributed by atoms with van der Waals surface area (Å²) in [6.45, 7) is 2.58. The van der Waals surface area contributed by atoms with Crippen LogP contribution in [-0.2, 0) is 37.8 Å². The molecule has 0 unspecified atom stereocenters. The number of amides is 2. The summed E-state index contributed by atoms with van der Waals surface area (Å²) >= 11 is 1.54. The van der Waals surface area contributed by atoms with Crippen molar-refractivity contribution in [1.29, 1.82) is 0 Å². The molecule has 0 N–H and O–H groups in total. The standard InChI is InChI=1S/C32H31N3O4S/c1-21-13-15-24(16-14-21)20-40-31-33-18-25-26-27(29(37)34(28(26)36)19-23-11-7-4-8-12-23)32(35(25)31,30(38)39-2)17-22-9-5-3-6-10-22/h3-16,25-27H,17-20H2,1-2H3/t25-,26+,27-,32-/m1/s1. The Balaban J connectivity index is 1.40. The van der Waals surface area contributed by atoms with E-state index in [9.17, 15) is 14.4 Å². The van der Waals surface area contributed by atoms with Gasteiger partial charge in [0.05, 0.1) is 38.1 Å². The number of thioether (sulfide) groups is 1. The summed E-state index contributed by atoms with van der Waals surface area (Å²) < 4.78 is 5.46. The molecule has 7 nitrogen and oxygen atoms in total. The van der Waals surface area contributed by atoms with Crippen molar-refractivity contribution in [2.24, 2.45) is 16.8 Å². The molecule has 0 aliphatic carbocycles. The number of hydrogen-bond donors (Lipinski definition) is 0. The van der Waals surface area contributed by atoms with Crippen LogP contribution in [0.3, 0.4) is 0 Å². The summed E-state index contributed by atoms with van der Waals surface area (Å²) in [6, 6.07) is 27.0. The SMILES string of the molecule is COC(=O)[C@@]1(Cc2ccccc2)[C@H]2C(=O)N(Cc3ccccc3)C(=O)[C@H]2[C@H]2CN=C(SCc3ccc(C)cc3)N21. The summed E-state index contributed by atoms with van der Waals surface area (Å²) in [5.41, 5.74) is 2.69. The Bertz CT molecular complexity index is 1460. The van der Waals surface area contributed by atoms with E-state index >= 15 is 0 Å². The predicted molar refractivity (Wildman–Crippen MR) is 154 cm³/mol. The number of fused-ring (bicyclic) bond motifs is 3. The highest BCUT2D eigenvalue weighted by atomic mass is 32.2. The van der Waals surface area contributed by atoms with Crippen LogP contribution in [0.5, 0.6) is 0 Å². The zero-order valence-electron chi connectivity index (χ0n) is 22.5. The van der Waals surface area contributed by atoms with Crippen molar-refractivity contribution in [2.45, 2.75) is 37.2 Å². The number of hydrogen-bond acceptors (Lipinski definition) is 7. The lowest BCUT2D eigenvalue weighted by Gasteiger charge is -2.40. The smallest absolute Gasteiger partial charge is 0.333 e. The van der Waals surface area contributed by atoms with E-state index in [-0.39, 0.29) is 24.8 Å². The molecule has 0 aromatic heterocycles. The fourth-order valence-electron chi connectivity index (χ4n) is 6.45. The highest BCUT2D eigenvalue weighted by Crippen LogP contribution is 2.54. The zero-order valence-corrected chi connectivity index (χ0v) is 23.3. The summed E-state index contributed by atoms with van der Waals surface area (Å²) in [4.78, 5) is 50.3. The number of aliphatic imine (C=N–C) groups is 1. The summed E-state index contributed by atoms with van der Waals surface area (Å²) in [5.74, 6) is -1.97. The first-order valence-corrected chi connectivity index (χ1v) is 14.5. The normalized spacial score (nSPS) is 25.1. The number of likely N-dealkylation sites (tertiary alicyclic amines) is 1. The molecular formula is C32H31N3O4S. The van der Waals surface area contributed by atoms with Crippen LogP contribution >= 0.6 is 11.8 Å². The van der Waals surface area contributed by atoms with Gasteiger partial charge in [0.15, 0.2) is 10.7 Å². The molecule has 3 aromatic rings. The zero-order chi connectivity index (χ0) is 27.9. The lowest BCUT2D eigenvalue weighted by Crippen LogP contribution is -2.61. The van der Waals surface area contributed by atoms with Crippen LogP contribution < -0.4 is 0 Å². The first-order chi connectivity index (χ1) is 19.4. The van der Waals surface area contributed by atoms with E-state index in [1.165, 1.54) is 29.3 Å². The van der Waals surface area contributed by atoms with Crippen LogP contribution in [-0.4, -0.2) is 58.0 Å². The third kappa shape index (κ3) is 4.31. The van der Waals surface area contributed by atoms with Gasteiger partial charge in [-0.1, -0.05) is 102 Å². The molecule has 3 aromatic carbocycles. The van der Waals surface area contributed by atoms with Gasteiger partial charge in [-0.3, -0.25) is 19.5 Å². The molecule has 3 heterocycles. The maximum absolute atomic E-state index is 14.2. The molecule has 0 saturated carbocycles. The van der Waals surface area contributed by atoms with Gasteiger partial charge in [0.1, 0.15) is 0 Å². The molecule has 4 atom stereocenters. The molecule has 2 amide bonds. The molecule has 6 rings (SSSR count). The number of nitrogens with zero attached hydrogens (tertiary/aromatic N) is 3. The third-order valence-corrected chi connectivity index (χ3v) is 9.34. The molecule has 3 aliphatic heterocycles. The maximum atomic E-state index is 14.2. The second-order valence-corrected chi connectivity index (χ2v) is 11.6. The quantitative estimate of drug-likeness (QED) is 0.322. The van der Waals surface area contributed by atoms with Crippen molar-refractivity contribution >= 4 is 34.7 Å². The fourth-order valence-corrected chi connectivity index (χ4v) is 7.54. The summed E-state index contributed by atoms with van der Waals surface area (Å²) in [7, 11) is 1.35. The number of ether oxygens (including phenoxy) is 1. The highest BCUT2D eigenvalue weighted by molar-refractivity contribution is 8.13. The van der Waals surface area contributed by atoms with Gasteiger partial charge in [0.25, 0.3) is 0 Å². The van der Waals surface area contributed by atoms with Crippen molar-refractivity contribution in [3.63, 3.8) is 0 Å². The minimum Gasteiger partial charge on any atom is -0.467 e. The molecule has 0 spiro atoms. The minimum absolute atomic E-state index is 0.177. The number of benzene rings is 3. The molecular weight excluding hydrogens is 522 g/mol. The predicted octanol–water partition coefficient (Wildman–Crippen LogP) is 4.24. The summed E-state index contributed by atoms with van der Waals surface area (Å²) in [5, 5.41) is 0.677. The molecule has 8 heteroatoms. The highest BCUT2D eigenvalue weighted by Gasteiger charge is 2.73. The Morgan fingerprint density at radius 2 is 1.57 bits per heavy atom. The van der Waals surface area contributed by atoms with Crippen molar-refractivity contribution in [3.05, 3.63) is 107 Å². The first-order valence-electron chi connectivity index (χ1n) is 13.5. The van der Waals surface area contributed by atoms with E-state index in [0.717, 1.165) is 16.7 Å². The number of carbonyl (C=O) groups is 3. The number of rotatable bonds is 7. The average Bonchev–Trinajstić information content (AvgIpc) is 3.60. The largest absolute Gasteiger partial charge is 0.467 e. The Morgan fingerprint density at radius 3 is 2.23 bits per heavy atom. The van der Waals surface area contributed by atoms with Crippen LogP contribution in [0.1, 0.15) is 22.3 Å². The van der Waals surface area contributed by atoms with Gasteiger partial charge >= 0.3 is 5.97 Å². The van der Waals surface area contributed by atoms with E-state index in [2.05, 4.69) is 31.2 Å². The second-order valence-electron chi connectivity index (χ2n) is 10.7. The number of methoxy groups -OCH3 is 1. The van der Waals surface area contributed by atoms with E-state index in [1.807, 2.05) is 65.6 Å². The monoisotopic (exact) mass is 553 g/mol. The molecule has 2 fully saturated rings. The van der Waals surface area contributed by atoms with Crippen molar-refractivity contribution in [1.82, 2.24) is 9.80 Å². The Kier molecular flexibility index (Phi) is 6.96. The van der Waals surface area contributed by atoms with Crippen molar-refractivity contribution in [2.75, 3.05) is 13.7 Å². The molecule has 0 bridgehead atoms. The van der Waals surface area contributed by atoms with Gasteiger partial charge in [0, 0.05) is 12.2 Å². The fraction of sp³-hybridized carbons (Fsp3) is 0.312. The van der Waals surface area contributed by atoms with Crippen LogP contribution in [0, 0.1) is 18.8 Å². The van der Waals surface area contributed by atoms with Gasteiger partial charge < -0.3 is 9.64 Å². The molecule has 40 heavy (non-hydrogen) atoms. The number of carbonyl (C=O) groups excluding carboxylic acids is 3. The van der Waals surface area contributed by atoms with Gasteiger partial charge in [0.2, 0.25) is 11.8 Å². The first kappa shape index (κ1) is 26.3. The Hall–Kier alpha value is -3.91. The van der Waals surface area contributed by atoms with Crippen molar-refractivity contribution in [3.8, 4) is 0 Å². The van der Waals surface area contributed by atoms with Crippen molar-refractivity contribution < 1.29 is 19.1 Å². The number of aryl methyl sites for hydroxylation is 1. The van der Waals surface area contributed by atoms with E-state index in [1.54, 1.807) is 0 Å². The lowest BCUT2D eigenvalue weighted by molar-refractivity contribution is -0.158. The van der Waals surface area contributed by atoms with Gasteiger partial charge in [-0.15, -0.1) is 0 Å². The maximum Gasteiger partial charge on any atom is 0.333 e. The van der Waals surface area contributed by atoms with E-state index in [4.69, 9.17) is 9.73 Å². The minimum atomic E-state index is -1.39. The average molecular weight is 554 g/mol. The van der Waals surface area contributed by atoms with E-state index < -0.39 is 29.4 Å². The molecule has 0 radical (unpaired) electrons. The number of esters is 1. The lowest BCUT2D eigenvalue weighted by atomic mass is 9.76. The second kappa shape index (κ2) is 10.6. The molecule has 204 valence electrons. The van der Waals surface area contributed by atoms with Gasteiger partial charge in [-0.25, -0.2) is 4.79 Å². The van der Waals surface area contributed by atoms with Gasteiger partial charge in [-0.2, -0.15) is 0 Å².